The van der Waals surface area contributed by atoms with E-state index >= 15 is 0 Å². The van der Waals surface area contributed by atoms with Crippen molar-refractivity contribution in [3.05, 3.63) is 6.07 Å². The summed E-state index contributed by atoms with van der Waals surface area (Å²) in [4.78, 5) is 11.7. The van der Waals surface area contributed by atoms with Crippen LogP contribution in [0.2, 0.25) is 0 Å². The van der Waals surface area contributed by atoms with Gasteiger partial charge in [-0.2, -0.15) is 0 Å². The van der Waals surface area contributed by atoms with Crippen LogP contribution in [0, 0.1) is 0 Å². The van der Waals surface area contributed by atoms with Gasteiger partial charge in [0.05, 0.1) is 0 Å². The van der Waals surface area contributed by atoms with Crippen molar-refractivity contribution in [3.8, 4) is 0 Å². The van der Waals surface area contributed by atoms with Gasteiger partial charge in [-0.15, -0.1) is 0 Å². The third kappa shape index (κ3) is 4.01. The number of aromatic nitrogens is 2. The van der Waals surface area contributed by atoms with E-state index in [2.05, 4.69) is 35.1 Å². The van der Waals surface area contributed by atoms with Crippen LogP contribution in [0.15, 0.2) is 11.2 Å². The Labute approximate surface area is 126 Å². The van der Waals surface area contributed by atoms with Crippen LogP contribution < -0.4 is 10.2 Å². The predicted octanol–water partition coefficient (Wildman–Crippen LogP) is 3.79. The van der Waals surface area contributed by atoms with Gasteiger partial charge in [0.1, 0.15) is 11.6 Å². The van der Waals surface area contributed by atoms with Crippen molar-refractivity contribution in [2.75, 3.05) is 29.6 Å². The standard InChI is InChI=1S/C15H26N4S/c1-4-9-16-13-11-14(18-15(17-13)20-3)19-10-7-5-6-8-12(19)2/h11-12H,4-10H2,1-3H3,(H,16,17,18). The molecule has 1 aromatic rings. The second-order valence-electron chi connectivity index (χ2n) is 5.42. The zero-order valence-corrected chi connectivity index (χ0v) is 13.7. The van der Waals surface area contributed by atoms with E-state index in [0.717, 1.165) is 36.3 Å². The molecule has 1 N–H and O–H groups in total. The molecule has 112 valence electrons. The molecule has 1 fully saturated rings. The zero-order chi connectivity index (χ0) is 14.4. The van der Waals surface area contributed by atoms with Crippen LogP contribution in [0.1, 0.15) is 46.0 Å². The summed E-state index contributed by atoms with van der Waals surface area (Å²) in [5, 5.41) is 4.25. The summed E-state index contributed by atoms with van der Waals surface area (Å²) in [6.07, 6.45) is 8.33. The second kappa shape index (κ2) is 7.72. The molecule has 2 heterocycles. The van der Waals surface area contributed by atoms with E-state index in [9.17, 15) is 0 Å². The Balaban J connectivity index is 2.23. The average molecular weight is 294 g/mol. The molecule has 1 aliphatic rings. The number of nitrogens with zero attached hydrogens (tertiary/aromatic N) is 3. The van der Waals surface area contributed by atoms with E-state index in [0.29, 0.717) is 6.04 Å². The molecule has 1 aliphatic heterocycles. The van der Waals surface area contributed by atoms with Crippen molar-refractivity contribution < 1.29 is 0 Å². The van der Waals surface area contributed by atoms with Gasteiger partial charge >= 0.3 is 0 Å². The normalized spacial score (nSPS) is 19.8. The van der Waals surface area contributed by atoms with Gasteiger partial charge in [0, 0.05) is 25.2 Å². The molecule has 1 saturated heterocycles. The molecule has 2 rings (SSSR count). The van der Waals surface area contributed by atoms with E-state index in [-0.39, 0.29) is 0 Å². The summed E-state index contributed by atoms with van der Waals surface area (Å²) in [6.45, 7) is 6.55. The van der Waals surface area contributed by atoms with Crippen molar-refractivity contribution in [1.29, 1.82) is 0 Å². The van der Waals surface area contributed by atoms with E-state index in [1.807, 2.05) is 6.26 Å². The van der Waals surface area contributed by atoms with Gasteiger partial charge in [0.15, 0.2) is 5.16 Å². The fourth-order valence-corrected chi connectivity index (χ4v) is 2.98. The van der Waals surface area contributed by atoms with Gasteiger partial charge in [-0.25, -0.2) is 9.97 Å². The van der Waals surface area contributed by atoms with Crippen molar-refractivity contribution in [3.63, 3.8) is 0 Å². The van der Waals surface area contributed by atoms with Crippen LogP contribution in [0.5, 0.6) is 0 Å². The van der Waals surface area contributed by atoms with Crippen LogP contribution in [0.25, 0.3) is 0 Å². The number of thioether (sulfide) groups is 1. The maximum Gasteiger partial charge on any atom is 0.191 e. The lowest BCUT2D eigenvalue weighted by Gasteiger charge is -2.28. The van der Waals surface area contributed by atoms with Crippen LogP contribution in [0.3, 0.4) is 0 Å². The molecule has 1 atom stereocenters. The topological polar surface area (TPSA) is 41.0 Å². The largest absolute Gasteiger partial charge is 0.370 e. The first-order valence-corrected chi connectivity index (χ1v) is 8.90. The Morgan fingerprint density at radius 3 is 2.95 bits per heavy atom. The average Bonchev–Trinajstić information content (AvgIpc) is 2.69. The minimum Gasteiger partial charge on any atom is -0.370 e. The van der Waals surface area contributed by atoms with E-state index in [1.54, 1.807) is 11.8 Å². The maximum absolute atomic E-state index is 4.71. The third-order valence-corrected chi connectivity index (χ3v) is 4.33. The quantitative estimate of drug-likeness (QED) is 0.661. The lowest BCUT2D eigenvalue weighted by atomic mass is 10.1. The molecule has 4 nitrogen and oxygen atoms in total. The maximum atomic E-state index is 4.71. The third-order valence-electron chi connectivity index (χ3n) is 3.78. The minimum atomic E-state index is 0.570. The molecular weight excluding hydrogens is 268 g/mol. The van der Waals surface area contributed by atoms with E-state index < -0.39 is 0 Å². The highest BCUT2D eigenvalue weighted by molar-refractivity contribution is 7.98. The molecule has 1 unspecified atom stereocenters. The molecule has 0 bridgehead atoms. The zero-order valence-electron chi connectivity index (χ0n) is 12.9. The Bertz CT molecular complexity index is 424. The lowest BCUT2D eigenvalue weighted by molar-refractivity contribution is 0.608. The van der Waals surface area contributed by atoms with Crippen molar-refractivity contribution in [1.82, 2.24) is 9.97 Å². The summed E-state index contributed by atoms with van der Waals surface area (Å²) in [5.41, 5.74) is 0. The molecule has 1 aromatic heterocycles. The number of rotatable bonds is 5. The SMILES string of the molecule is CCCNc1cc(N2CCCCCC2C)nc(SC)n1. The highest BCUT2D eigenvalue weighted by Crippen LogP contribution is 2.26. The first-order valence-electron chi connectivity index (χ1n) is 7.68. The van der Waals surface area contributed by atoms with Crippen LogP contribution in [0.4, 0.5) is 11.6 Å². The molecule has 0 saturated carbocycles. The molecule has 0 aliphatic carbocycles. The molecule has 0 spiro atoms. The molecule has 5 heteroatoms. The molecular formula is C15H26N4S. The summed E-state index contributed by atoms with van der Waals surface area (Å²) in [6, 6.07) is 2.68. The number of anilines is 2. The summed E-state index contributed by atoms with van der Waals surface area (Å²) in [7, 11) is 0. The van der Waals surface area contributed by atoms with Gasteiger partial charge in [-0.3, -0.25) is 0 Å². The Kier molecular flexibility index (Phi) is 5.95. The van der Waals surface area contributed by atoms with Crippen molar-refractivity contribution in [2.45, 2.75) is 57.1 Å². The highest BCUT2D eigenvalue weighted by Gasteiger charge is 2.19. The number of hydrogen-bond acceptors (Lipinski definition) is 5. The van der Waals surface area contributed by atoms with Crippen LogP contribution >= 0.6 is 11.8 Å². The number of hydrogen-bond donors (Lipinski definition) is 1. The molecule has 0 aromatic carbocycles. The van der Waals surface area contributed by atoms with Gasteiger partial charge in [0.2, 0.25) is 0 Å². The van der Waals surface area contributed by atoms with Gasteiger partial charge < -0.3 is 10.2 Å². The van der Waals surface area contributed by atoms with E-state index in [4.69, 9.17) is 4.98 Å². The predicted molar refractivity (Wildman–Crippen MR) is 87.9 cm³/mol. The first kappa shape index (κ1) is 15.4. The first-order chi connectivity index (χ1) is 9.74. The number of nitrogens with one attached hydrogen (secondary N) is 1. The van der Waals surface area contributed by atoms with Gasteiger partial charge in [-0.1, -0.05) is 31.5 Å². The summed E-state index contributed by atoms with van der Waals surface area (Å²) >= 11 is 1.61. The monoisotopic (exact) mass is 294 g/mol. The minimum absolute atomic E-state index is 0.570. The Morgan fingerprint density at radius 2 is 2.20 bits per heavy atom. The summed E-state index contributed by atoms with van der Waals surface area (Å²) in [5.74, 6) is 2.04. The van der Waals surface area contributed by atoms with Crippen LogP contribution in [-0.2, 0) is 0 Å². The molecule has 0 radical (unpaired) electrons. The van der Waals surface area contributed by atoms with Crippen molar-refractivity contribution in [2.24, 2.45) is 0 Å². The van der Waals surface area contributed by atoms with Gasteiger partial charge in [-0.05, 0) is 32.4 Å². The summed E-state index contributed by atoms with van der Waals surface area (Å²) < 4.78 is 0. The Morgan fingerprint density at radius 1 is 1.35 bits per heavy atom. The van der Waals surface area contributed by atoms with E-state index in [1.165, 1.54) is 25.7 Å². The molecule has 20 heavy (non-hydrogen) atoms. The lowest BCUT2D eigenvalue weighted by Crippen LogP contribution is -2.33. The van der Waals surface area contributed by atoms with Crippen molar-refractivity contribution >= 4 is 23.4 Å². The smallest absolute Gasteiger partial charge is 0.191 e. The molecule has 0 amide bonds. The van der Waals surface area contributed by atoms with Gasteiger partial charge in [0.25, 0.3) is 0 Å². The van der Waals surface area contributed by atoms with Crippen LogP contribution in [-0.4, -0.2) is 35.4 Å². The fourth-order valence-electron chi connectivity index (χ4n) is 2.61. The Hall–Kier alpha value is -0.970. The highest BCUT2D eigenvalue weighted by atomic mass is 32.2. The fraction of sp³-hybridized carbons (Fsp3) is 0.733. The second-order valence-corrected chi connectivity index (χ2v) is 6.19.